The van der Waals surface area contributed by atoms with Crippen LogP contribution in [0.4, 0.5) is 4.79 Å². The summed E-state index contributed by atoms with van der Waals surface area (Å²) in [6.45, 7) is 1.30. The highest BCUT2D eigenvalue weighted by Crippen LogP contribution is 2.44. The van der Waals surface area contributed by atoms with Crippen molar-refractivity contribution in [1.29, 1.82) is 0 Å². The predicted octanol–water partition coefficient (Wildman–Crippen LogP) is 2.65. The topological polar surface area (TPSA) is 125 Å². The number of ether oxygens (including phenoxy) is 1. The number of benzene rings is 2. The van der Waals surface area contributed by atoms with Crippen LogP contribution in [0.3, 0.4) is 0 Å². The third-order valence-corrected chi connectivity index (χ3v) is 5.60. The smallest absolute Gasteiger partial charge is 0.407 e. The maximum absolute atomic E-state index is 12.5. The van der Waals surface area contributed by atoms with E-state index in [0.29, 0.717) is 12.8 Å². The van der Waals surface area contributed by atoms with Crippen LogP contribution in [-0.2, 0) is 14.3 Å². The first-order valence-electron chi connectivity index (χ1n) is 10.7. The Morgan fingerprint density at radius 1 is 0.969 bits per heavy atom. The molecule has 0 radical (unpaired) electrons. The summed E-state index contributed by atoms with van der Waals surface area (Å²) in [7, 11) is 0. The monoisotopic (exact) mass is 440 g/mol. The van der Waals surface area contributed by atoms with Crippen LogP contribution in [0.1, 0.15) is 43.2 Å². The molecule has 0 fully saturated rings. The first-order valence-corrected chi connectivity index (χ1v) is 10.7. The van der Waals surface area contributed by atoms with Crippen LogP contribution in [0.25, 0.3) is 11.1 Å². The fraction of sp³-hybridized carbons (Fsp3) is 0.375. The third-order valence-electron chi connectivity index (χ3n) is 5.60. The molecule has 170 valence electrons. The second-order valence-corrected chi connectivity index (χ2v) is 7.75. The van der Waals surface area contributed by atoms with Crippen molar-refractivity contribution in [3.05, 3.63) is 59.7 Å². The zero-order valence-corrected chi connectivity index (χ0v) is 17.9. The highest BCUT2D eigenvalue weighted by Gasteiger charge is 2.30. The summed E-state index contributed by atoms with van der Waals surface area (Å²) in [6.07, 6.45) is 1.01. The Kier molecular flexibility index (Phi) is 7.83. The van der Waals surface area contributed by atoms with Crippen molar-refractivity contribution in [3.63, 3.8) is 0 Å². The lowest BCUT2D eigenvalue weighted by atomic mass is 9.98. The highest BCUT2D eigenvalue weighted by molar-refractivity contribution is 5.89. The van der Waals surface area contributed by atoms with Gasteiger partial charge in [0.2, 0.25) is 5.91 Å². The lowest BCUT2D eigenvalue weighted by Crippen LogP contribution is -2.52. The molecule has 0 aliphatic heterocycles. The summed E-state index contributed by atoms with van der Waals surface area (Å²) in [5, 5.41) is 23.0. The molecule has 0 saturated carbocycles. The number of amides is 2. The Labute approximate surface area is 186 Å². The largest absolute Gasteiger partial charge is 0.480 e. The highest BCUT2D eigenvalue weighted by atomic mass is 16.5. The van der Waals surface area contributed by atoms with Gasteiger partial charge in [-0.3, -0.25) is 4.79 Å². The zero-order valence-electron chi connectivity index (χ0n) is 17.9. The minimum atomic E-state index is -1.43. The van der Waals surface area contributed by atoms with Crippen LogP contribution in [0.5, 0.6) is 0 Å². The lowest BCUT2D eigenvalue weighted by molar-refractivity contribution is -0.143. The van der Waals surface area contributed by atoms with Crippen molar-refractivity contribution in [1.82, 2.24) is 10.6 Å². The molecule has 0 aromatic heterocycles. The number of hydrogen-bond donors (Lipinski definition) is 4. The molecule has 0 spiro atoms. The summed E-state index contributed by atoms with van der Waals surface area (Å²) in [6, 6.07) is 13.6. The summed E-state index contributed by atoms with van der Waals surface area (Å²) < 4.78 is 5.48. The van der Waals surface area contributed by atoms with Gasteiger partial charge in [-0.05, 0) is 28.7 Å². The van der Waals surface area contributed by atoms with E-state index in [4.69, 9.17) is 14.9 Å². The van der Waals surface area contributed by atoms with Crippen molar-refractivity contribution in [3.8, 4) is 11.1 Å². The number of rotatable bonds is 10. The van der Waals surface area contributed by atoms with Crippen molar-refractivity contribution in [2.45, 2.75) is 44.2 Å². The number of nitrogens with one attached hydrogen (secondary N) is 2. The van der Waals surface area contributed by atoms with Crippen LogP contribution in [-0.4, -0.2) is 53.5 Å². The molecule has 0 saturated heterocycles. The SMILES string of the molecule is CCCC[C@H](NC(=O)OCC1c2ccccc2-c2ccccc21)C(=O)N[C@@H](CO)C(=O)O. The summed E-state index contributed by atoms with van der Waals surface area (Å²) in [5.74, 6) is -2.13. The second-order valence-electron chi connectivity index (χ2n) is 7.75. The van der Waals surface area contributed by atoms with Gasteiger partial charge in [0.25, 0.3) is 0 Å². The van der Waals surface area contributed by atoms with Crippen LogP contribution < -0.4 is 10.6 Å². The quantitative estimate of drug-likeness (QED) is 0.450. The molecule has 0 unspecified atom stereocenters. The molecule has 2 atom stereocenters. The van der Waals surface area contributed by atoms with E-state index in [2.05, 4.69) is 10.6 Å². The van der Waals surface area contributed by atoms with Gasteiger partial charge in [0.05, 0.1) is 6.61 Å². The maximum Gasteiger partial charge on any atom is 0.407 e. The Bertz CT molecular complexity index is 931. The van der Waals surface area contributed by atoms with E-state index in [1.807, 2.05) is 55.5 Å². The first kappa shape index (κ1) is 23.3. The molecule has 0 heterocycles. The normalized spacial score (nSPS) is 14.1. The number of fused-ring (bicyclic) bond motifs is 3. The van der Waals surface area contributed by atoms with E-state index in [1.54, 1.807) is 0 Å². The van der Waals surface area contributed by atoms with E-state index < -0.39 is 36.7 Å². The van der Waals surface area contributed by atoms with E-state index in [1.165, 1.54) is 0 Å². The molecule has 2 aromatic carbocycles. The van der Waals surface area contributed by atoms with E-state index in [0.717, 1.165) is 28.7 Å². The standard InChI is InChI=1S/C24H28N2O6/c1-2-3-12-20(22(28)25-21(13-27)23(29)30)26-24(31)32-14-19-17-10-6-4-8-15(17)16-9-5-7-11-18(16)19/h4-11,19-21,27H,2-3,12-14H2,1H3,(H,25,28)(H,26,31)(H,29,30)/t20-,21-/m0/s1. The van der Waals surface area contributed by atoms with Gasteiger partial charge < -0.3 is 25.6 Å². The molecule has 0 bridgehead atoms. The van der Waals surface area contributed by atoms with Gasteiger partial charge in [-0.2, -0.15) is 0 Å². The van der Waals surface area contributed by atoms with E-state index >= 15 is 0 Å². The van der Waals surface area contributed by atoms with Gasteiger partial charge in [0, 0.05) is 5.92 Å². The van der Waals surface area contributed by atoms with Crippen LogP contribution >= 0.6 is 0 Å². The number of carbonyl (C=O) groups excluding carboxylic acids is 2. The molecule has 8 heteroatoms. The molecular formula is C24H28N2O6. The minimum Gasteiger partial charge on any atom is -0.480 e. The number of hydrogen-bond acceptors (Lipinski definition) is 5. The second kappa shape index (κ2) is 10.8. The number of aliphatic hydroxyl groups is 1. The Morgan fingerprint density at radius 3 is 2.09 bits per heavy atom. The van der Waals surface area contributed by atoms with Gasteiger partial charge in [0.1, 0.15) is 18.7 Å². The number of aliphatic carboxylic acids is 1. The maximum atomic E-state index is 12.5. The number of carboxylic acid groups (broad SMARTS) is 1. The Morgan fingerprint density at radius 2 is 1.56 bits per heavy atom. The number of carboxylic acids is 1. The number of unbranched alkanes of at least 4 members (excludes halogenated alkanes) is 1. The Hall–Kier alpha value is -3.39. The minimum absolute atomic E-state index is 0.108. The average molecular weight is 440 g/mol. The molecule has 8 nitrogen and oxygen atoms in total. The molecule has 2 aromatic rings. The number of carbonyl (C=O) groups is 3. The molecule has 3 rings (SSSR count). The summed E-state index contributed by atoms with van der Waals surface area (Å²) in [4.78, 5) is 36.1. The number of aliphatic hydroxyl groups excluding tert-OH is 1. The van der Waals surface area contributed by atoms with E-state index in [9.17, 15) is 14.4 Å². The van der Waals surface area contributed by atoms with Crippen molar-refractivity contribution in [2.75, 3.05) is 13.2 Å². The number of alkyl carbamates (subject to hydrolysis) is 1. The summed E-state index contributed by atoms with van der Waals surface area (Å²) >= 11 is 0. The van der Waals surface area contributed by atoms with Gasteiger partial charge in [-0.25, -0.2) is 9.59 Å². The van der Waals surface area contributed by atoms with Crippen molar-refractivity contribution < 1.29 is 29.3 Å². The fourth-order valence-corrected chi connectivity index (χ4v) is 3.92. The van der Waals surface area contributed by atoms with Gasteiger partial charge in [-0.15, -0.1) is 0 Å². The average Bonchev–Trinajstić information content (AvgIpc) is 3.12. The van der Waals surface area contributed by atoms with Gasteiger partial charge in [0.15, 0.2) is 0 Å². The molecule has 4 N–H and O–H groups in total. The van der Waals surface area contributed by atoms with Gasteiger partial charge >= 0.3 is 12.1 Å². The molecule has 32 heavy (non-hydrogen) atoms. The zero-order chi connectivity index (χ0) is 23.1. The van der Waals surface area contributed by atoms with Crippen molar-refractivity contribution >= 4 is 18.0 Å². The summed E-state index contributed by atoms with van der Waals surface area (Å²) in [5.41, 5.74) is 4.38. The third kappa shape index (κ3) is 5.26. The van der Waals surface area contributed by atoms with Crippen molar-refractivity contribution in [2.24, 2.45) is 0 Å². The molecule has 1 aliphatic carbocycles. The predicted molar refractivity (Wildman–Crippen MR) is 118 cm³/mol. The Balaban J connectivity index is 1.65. The molecule has 2 amide bonds. The van der Waals surface area contributed by atoms with Gasteiger partial charge in [-0.1, -0.05) is 68.3 Å². The molecular weight excluding hydrogens is 412 g/mol. The first-order chi connectivity index (χ1) is 15.5. The fourth-order valence-electron chi connectivity index (χ4n) is 3.92. The van der Waals surface area contributed by atoms with E-state index in [-0.39, 0.29) is 12.5 Å². The van der Waals surface area contributed by atoms with Crippen LogP contribution in [0, 0.1) is 0 Å². The lowest BCUT2D eigenvalue weighted by Gasteiger charge is -2.21. The molecule has 1 aliphatic rings. The van der Waals surface area contributed by atoms with Crippen LogP contribution in [0.2, 0.25) is 0 Å². The van der Waals surface area contributed by atoms with Crippen LogP contribution in [0.15, 0.2) is 48.5 Å².